The van der Waals surface area contributed by atoms with E-state index in [1.54, 1.807) is 4.90 Å². The molecule has 1 atom stereocenters. The van der Waals surface area contributed by atoms with Crippen LogP contribution in [0.4, 0.5) is 17.1 Å². The van der Waals surface area contributed by atoms with E-state index in [9.17, 15) is 19.7 Å². The summed E-state index contributed by atoms with van der Waals surface area (Å²) >= 11 is 1.24. The van der Waals surface area contributed by atoms with Gasteiger partial charge in [-0.05, 0) is 23.8 Å². The number of methoxy groups -OCH3 is 1. The molecule has 178 valence electrons. The molecule has 0 spiro atoms. The van der Waals surface area contributed by atoms with Gasteiger partial charge in [-0.2, -0.15) is 0 Å². The minimum Gasteiger partial charge on any atom is -0.494 e. The molecule has 0 bridgehead atoms. The number of para-hydroxylation sites is 1. The molecule has 2 amide bonds. The van der Waals surface area contributed by atoms with E-state index in [2.05, 4.69) is 10.3 Å². The quantitative estimate of drug-likeness (QED) is 0.360. The van der Waals surface area contributed by atoms with E-state index in [0.717, 1.165) is 5.56 Å². The maximum Gasteiger partial charge on any atom is 0.273 e. The lowest BCUT2D eigenvalue weighted by atomic mass is 10.2. The molecule has 4 rings (SSSR count). The average molecular weight is 491 g/mol. The fraction of sp³-hybridized carbons (Fsp3) is 0.160. The third kappa shape index (κ3) is 5.85. The molecule has 3 aromatic rings. The van der Waals surface area contributed by atoms with Crippen LogP contribution < -0.4 is 10.1 Å². The predicted octanol–water partition coefficient (Wildman–Crippen LogP) is 4.76. The van der Waals surface area contributed by atoms with Gasteiger partial charge < -0.3 is 10.1 Å². The van der Waals surface area contributed by atoms with Crippen LogP contribution >= 0.6 is 11.8 Å². The van der Waals surface area contributed by atoms with Gasteiger partial charge in [0.1, 0.15) is 11.0 Å². The lowest BCUT2D eigenvalue weighted by Gasteiger charge is -2.16. The number of amidine groups is 1. The highest BCUT2D eigenvalue weighted by Crippen LogP contribution is 2.34. The molecule has 35 heavy (non-hydrogen) atoms. The van der Waals surface area contributed by atoms with E-state index < -0.39 is 16.1 Å². The first-order chi connectivity index (χ1) is 16.9. The van der Waals surface area contributed by atoms with Gasteiger partial charge in [-0.25, -0.2) is 4.99 Å². The normalized spacial score (nSPS) is 16.4. The minimum absolute atomic E-state index is 0.0945. The van der Waals surface area contributed by atoms with E-state index in [1.807, 2.05) is 60.7 Å². The number of rotatable bonds is 8. The number of hydrogen-bond donors (Lipinski definition) is 1. The molecule has 1 heterocycles. The fourth-order valence-electron chi connectivity index (χ4n) is 3.52. The van der Waals surface area contributed by atoms with Crippen molar-refractivity contribution in [3.05, 3.63) is 94.5 Å². The number of carbonyl (C=O) groups excluding carboxylic acids is 2. The standard InChI is InChI=1S/C25H22N4O5S/c1-34-21-14-19(29(32)33)12-13-20(21)27-23(30)15-22-24(31)28(16-17-8-4-2-5-9-17)25(35-22)26-18-10-6-3-7-11-18/h2-14,22H,15-16H2,1H3,(H,27,30). The predicted molar refractivity (Wildman–Crippen MR) is 135 cm³/mol. The van der Waals surface area contributed by atoms with Crippen molar-refractivity contribution in [3.63, 3.8) is 0 Å². The first-order valence-electron chi connectivity index (χ1n) is 10.7. The Labute approximate surface area is 206 Å². The molecule has 9 nitrogen and oxygen atoms in total. The molecule has 0 aromatic heterocycles. The average Bonchev–Trinajstić information content (AvgIpc) is 3.14. The van der Waals surface area contributed by atoms with Gasteiger partial charge in [0.15, 0.2) is 5.17 Å². The lowest BCUT2D eigenvalue weighted by molar-refractivity contribution is -0.384. The molecule has 1 saturated heterocycles. The molecule has 1 N–H and O–H groups in total. The number of nitro groups is 1. The van der Waals surface area contributed by atoms with Crippen molar-refractivity contribution >= 4 is 45.8 Å². The number of hydrogen-bond acceptors (Lipinski definition) is 7. The number of ether oxygens (including phenoxy) is 1. The van der Waals surface area contributed by atoms with E-state index in [0.29, 0.717) is 17.4 Å². The minimum atomic E-state index is -0.662. The van der Waals surface area contributed by atoms with Gasteiger partial charge in [-0.15, -0.1) is 0 Å². The molecule has 1 aliphatic heterocycles. The molecule has 0 saturated carbocycles. The van der Waals surface area contributed by atoms with Crippen molar-refractivity contribution in [2.45, 2.75) is 18.2 Å². The van der Waals surface area contributed by atoms with Gasteiger partial charge >= 0.3 is 0 Å². The Morgan fingerprint density at radius 2 is 1.80 bits per heavy atom. The summed E-state index contributed by atoms with van der Waals surface area (Å²) in [5.74, 6) is -0.460. The topological polar surface area (TPSA) is 114 Å². The maximum absolute atomic E-state index is 13.3. The number of nitrogens with one attached hydrogen (secondary N) is 1. The van der Waals surface area contributed by atoms with Gasteiger partial charge in [0.05, 0.1) is 36.0 Å². The second-order valence-corrected chi connectivity index (χ2v) is 8.81. The fourth-order valence-corrected chi connectivity index (χ4v) is 4.67. The van der Waals surface area contributed by atoms with Crippen LogP contribution in [0.3, 0.4) is 0 Å². The third-order valence-electron chi connectivity index (χ3n) is 5.23. The van der Waals surface area contributed by atoms with Crippen molar-refractivity contribution in [2.75, 3.05) is 12.4 Å². The van der Waals surface area contributed by atoms with Crippen LogP contribution in [0.25, 0.3) is 0 Å². The summed E-state index contributed by atoms with van der Waals surface area (Å²) in [5.41, 5.74) is 1.79. The van der Waals surface area contributed by atoms with Crippen molar-refractivity contribution in [2.24, 2.45) is 4.99 Å². The zero-order valence-corrected chi connectivity index (χ0v) is 19.6. The van der Waals surface area contributed by atoms with Gasteiger partial charge in [-0.1, -0.05) is 60.3 Å². The van der Waals surface area contributed by atoms with Gasteiger partial charge in [0, 0.05) is 12.5 Å². The van der Waals surface area contributed by atoms with Crippen LogP contribution in [-0.4, -0.2) is 39.2 Å². The molecule has 0 aliphatic carbocycles. The molecular formula is C25H22N4O5S. The number of anilines is 1. The number of non-ortho nitro benzene ring substituents is 1. The highest BCUT2D eigenvalue weighted by atomic mass is 32.2. The largest absolute Gasteiger partial charge is 0.494 e. The van der Waals surface area contributed by atoms with Crippen molar-refractivity contribution in [1.82, 2.24) is 4.90 Å². The molecule has 1 unspecified atom stereocenters. The molecule has 3 aromatic carbocycles. The number of benzene rings is 3. The Kier molecular flexibility index (Phi) is 7.41. The van der Waals surface area contributed by atoms with Crippen LogP contribution in [0.1, 0.15) is 12.0 Å². The summed E-state index contributed by atoms with van der Waals surface area (Å²) in [7, 11) is 1.36. The zero-order chi connectivity index (χ0) is 24.8. The summed E-state index contributed by atoms with van der Waals surface area (Å²) in [6, 6.07) is 22.8. The van der Waals surface area contributed by atoms with Gasteiger partial charge in [-0.3, -0.25) is 24.6 Å². The molecule has 1 aliphatic rings. The number of nitro benzene ring substituents is 1. The summed E-state index contributed by atoms with van der Waals surface area (Å²) in [4.78, 5) is 42.8. The van der Waals surface area contributed by atoms with Crippen molar-refractivity contribution < 1.29 is 19.2 Å². The monoisotopic (exact) mass is 490 g/mol. The molecule has 10 heteroatoms. The Balaban J connectivity index is 1.52. The number of amides is 2. The van der Waals surface area contributed by atoms with Crippen molar-refractivity contribution in [1.29, 1.82) is 0 Å². The summed E-state index contributed by atoms with van der Waals surface area (Å²) in [6.07, 6.45) is -0.0945. The van der Waals surface area contributed by atoms with E-state index in [1.165, 1.54) is 37.1 Å². The summed E-state index contributed by atoms with van der Waals surface area (Å²) in [6.45, 7) is 0.340. The zero-order valence-electron chi connectivity index (χ0n) is 18.8. The Bertz CT molecular complexity index is 1270. The number of aliphatic imine (C=N–C) groups is 1. The number of carbonyl (C=O) groups is 2. The Morgan fingerprint density at radius 1 is 1.11 bits per heavy atom. The van der Waals surface area contributed by atoms with E-state index >= 15 is 0 Å². The Morgan fingerprint density at radius 3 is 2.46 bits per heavy atom. The first-order valence-corrected chi connectivity index (χ1v) is 11.6. The van der Waals surface area contributed by atoms with Crippen LogP contribution in [0, 0.1) is 10.1 Å². The lowest BCUT2D eigenvalue weighted by Crippen LogP contribution is -2.33. The van der Waals surface area contributed by atoms with Gasteiger partial charge in [0.2, 0.25) is 11.8 Å². The third-order valence-corrected chi connectivity index (χ3v) is 6.40. The number of nitrogens with zero attached hydrogens (tertiary/aromatic N) is 3. The second-order valence-electron chi connectivity index (χ2n) is 7.64. The highest BCUT2D eigenvalue weighted by molar-refractivity contribution is 8.15. The molecule has 1 fully saturated rings. The molecular weight excluding hydrogens is 468 g/mol. The van der Waals surface area contributed by atoms with E-state index in [-0.39, 0.29) is 29.5 Å². The SMILES string of the molecule is COc1cc([N+](=O)[O-])ccc1NC(=O)CC1SC(=Nc2ccccc2)N(Cc2ccccc2)C1=O. The van der Waals surface area contributed by atoms with E-state index in [4.69, 9.17) is 4.74 Å². The second kappa shape index (κ2) is 10.8. The smallest absolute Gasteiger partial charge is 0.273 e. The highest BCUT2D eigenvalue weighted by Gasteiger charge is 2.39. The summed E-state index contributed by atoms with van der Waals surface area (Å²) in [5, 5.41) is 13.6. The first kappa shape index (κ1) is 24.0. The van der Waals surface area contributed by atoms with Crippen LogP contribution in [0.15, 0.2) is 83.9 Å². The molecule has 0 radical (unpaired) electrons. The Hall–Kier alpha value is -4.18. The van der Waals surface area contributed by atoms with Crippen LogP contribution in [0.5, 0.6) is 5.75 Å². The van der Waals surface area contributed by atoms with Crippen LogP contribution in [0.2, 0.25) is 0 Å². The maximum atomic E-state index is 13.3. The van der Waals surface area contributed by atoms with Gasteiger partial charge in [0.25, 0.3) is 5.69 Å². The number of thioether (sulfide) groups is 1. The summed E-state index contributed by atoms with van der Waals surface area (Å²) < 4.78 is 5.18. The van der Waals surface area contributed by atoms with Crippen LogP contribution in [-0.2, 0) is 16.1 Å². The van der Waals surface area contributed by atoms with Crippen molar-refractivity contribution in [3.8, 4) is 5.75 Å².